The Morgan fingerprint density at radius 3 is 2.69 bits per heavy atom. The van der Waals surface area contributed by atoms with Crippen LogP contribution < -0.4 is 10.2 Å². The topological polar surface area (TPSA) is 76.7 Å². The number of carbonyl (C=O) groups is 1. The van der Waals surface area contributed by atoms with Gasteiger partial charge in [0.15, 0.2) is 11.0 Å². The molecule has 0 saturated heterocycles. The first-order chi connectivity index (χ1) is 13.7. The Balaban J connectivity index is 1.90. The minimum absolute atomic E-state index is 0.182. The number of halogens is 1. The van der Waals surface area contributed by atoms with E-state index in [2.05, 4.69) is 0 Å². The maximum atomic E-state index is 12.5. The highest BCUT2D eigenvalue weighted by atomic mass is 35.5. The van der Waals surface area contributed by atoms with Crippen molar-refractivity contribution in [3.63, 3.8) is 0 Å². The quantitative estimate of drug-likeness (QED) is 0.502. The number of benzene rings is 2. The van der Waals surface area contributed by atoms with Crippen LogP contribution in [0, 0.1) is 12.3 Å². The first kappa shape index (κ1) is 20.9. The van der Waals surface area contributed by atoms with Crippen molar-refractivity contribution in [2.45, 2.75) is 33.6 Å². The molecule has 0 spiro atoms. The van der Waals surface area contributed by atoms with Gasteiger partial charge in [-0.2, -0.15) is 0 Å². The second-order valence-corrected chi connectivity index (χ2v) is 8.14. The molecule has 0 aliphatic rings. The van der Waals surface area contributed by atoms with Gasteiger partial charge in [-0.05, 0) is 63.4 Å². The van der Waals surface area contributed by atoms with Crippen LogP contribution in [-0.4, -0.2) is 17.7 Å². The van der Waals surface area contributed by atoms with Gasteiger partial charge in [0.25, 0.3) is 0 Å². The molecular formula is C23H23ClO5. The van der Waals surface area contributed by atoms with Crippen LogP contribution in [0.4, 0.5) is 0 Å². The molecule has 152 valence electrons. The third kappa shape index (κ3) is 4.62. The number of rotatable bonds is 7. The summed E-state index contributed by atoms with van der Waals surface area (Å²) in [5.41, 5.74) is 0.994. The van der Waals surface area contributed by atoms with Gasteiger partial charge in [-0.1, -0.05) is 23.7 Å². The zero-order valence-corrected chi connectivity index (χ0v) is 17.4. The van der Waals surface area contributed by atoms with Crippen LogP contribution in [0.2, 0.25) is 5.02 Å². The Bertz CT molecular complexity index is 1110. The van der Waals surface area contributed by atoms with Crippen molar-refractivity contribution < 1.29 is 19.1 Å². The summed E-state index contributed by atoms with van der Waals surface area (Å²) in [6.07, 6.45) is 1.07. The lowest BCUT2D eigenvalue weighted by atomic mass is 9.88. The van der Waals surface area contributed by atoms with Crippen molar-refractivity contribution in [2.75, 3.05) is 6.61 Å². The number of fused-ring (bicyclic) bond motifs is 1. The number of para-hydroxylation sites is 1. The van der Waals surface area contributed by atoms with E-state index < -0.39 is 11.4 Å². The van der Waals surface area contributed by atoms with Crippen molar-refractivity contribution in [3.05, 3.63) is 63.3 Å². The molecule has 5 nitrogen and oxygen atoms in total. The smallest absolute Gasteiger partial charge is 0.309 e. The molecule has 0 aliphatic heterocycles. The van der Waals surface area contributed by atoms with Crippen molar-refractivity contribution in [3.8, 4) is 17.1 Å². The van der Waals surface area contributed by atoms with E-state index in [1.807, 2.05) is 25.1 Å². The molecule has 29 heavy (non-hydrogen) atoms. The van der Waals surface area contributed by atoms with Crippen LogP contribution in [0.5, 0.6) is 5.75 Å². The molecule has 0 amide bonds. The van der Waals surface area contributed by atoms with Crippen LogP contribution in [0.25, 0.3) is 22.3 Å². The van der Waals surface area contributed by atoms with E-state index in [0.29, 0.717) is 52.5 Å². The molecule has 0 bridgehead atoms. The Hall–Kier alpha value is -2.79. The van der Waals surface area contributed by atoms with Crippen LogP contribution >= 0.6 is 11.6 Å². The average molecular weight is 415 g/mol. The molecule has 0 fully saturated rings. The van der Waals surface area contributed by atoms with Gasteiger partial charge in [-0.3, -0.25) is 9.59 Å². The summed E-state index contributed by atoms with van der Waals surface area (Å²) >= 11 is 6.21. The van der Waals surface area contributed by atoms with Crippen LogP contribution in [0.3, 0.4) is 0 Å². The zero-order chi connectivity index (χ0) is 21.2. The molecule has 1 heterocycles. The molecule has 6 heteroatoms. The normalized spacial score (nSPS) is 11.6. The standard InChI is InChI=1S/C23H23ClO5/c1-14-8-9-16(19(12-14)28-11-5-10-23(2,3)22(26)27)20-13-18(25)15-6-4-7-17(24)21(15)29-20/h4,6-9,12-13H,5,10-11H2,1-3H3,(H,26,27). The average Bonchev–Trinajstić information content (AvgIpc) is 2.66. The monoisotopic (exact) mass is 414 g/mol. The molecule has 2 aromatic carbocycles. The number of ether oxygens (including phenoxy) is 1. The van der Waals surface area contributed by atoms with E-state index in [4.69, 9.17) is 20.8 Å². The van der Waals surface area contributed by atoms with Gasteiger partial charge in [-0.15, -0.1) is 0 Å². The molecular weight excluding hydrogens is 392 g/mol. The van der Waals surface area contributed by atoms with Gasteiger partial charge >= 0.3 is 5.97 Å². The number of carboxylic acids is 1. The zero-order valence-electron chi connectivity index (χ0n) is 16.6. The molecule has 0 radical (unpaired) electrons. The molecule has 0 atom stereocenters. The van der Waals surface area contributed by atoms with Gasteiger partial charge in [0.1, 0.15) is 11.5 Å². The van der Waals surface area contributed by atoms with Gasteiger partial charge in [-0.25, -0.2) is 0 Å². The summed E-state index contributed by atoms with van der Waals surface area (Å²) < 4.78 is 11.9. The maximum absolute atomic E-state index is 12.5. The minimum Gasteiger partial charge on any atom is -0.493 e. The number of hydrogen-bond donors (Lipinski definition) is 1. The van der Waals surface area contributed by atoms with Crippen LogP contribution in [0.1, 0.15) is 32.3 Å². The van der Waals surface area contributed by atoms with Crippen LogP contribution in [-0.2, 0) is 4.79 Å². The first-order valence-corrected chi connectivity index (χ1v) is 9.76. The predicted octanol–water partition coefficient (Wildman–Crippen LogP) is 5.69. The largest absolute Gasteiger partial charge is 0.493 e. The number of carboxylic acid groups (broad SMARTS) is 1. The van der Waals surface area contributed by atoms with Gasteiger partial charge in [0, 0.05) is 6.07 Å². The molecule has 1 aromatic heterocycles. The molecule has 1 N–H and O–H groups in total. The molecule has 0 unspecified atom stereocenters. The summed E-state index contributed by atoms with van der Waals surface area (Å²) in [6, 6.07) is 12.1. The lowest BCUT2D eigenvalue weighted by Crippen LogP contribution is -2.24. The lowest BCUT2D eigenvalue weighted by molar-refractivity contribution is -0.147. The number of hydrogen-bond acceptors (Lipinski definition) is 4. The van der Waals surface area contributed by atoms with Crippen molar-refractivity contribution in [2.24, 2.45) is 5.41 Å². The fourth-order valence-electron chi connectivity index (χ4n) is 3.03. The molecule has 0 aliphatic carbocycles. The van der Waals surface area contributed by atoms with E-state index >= 15 is 0 Å². The lowest BCUT2D eigenvalue weighted by Gasteiger charge is -2.19. The highest BCUT2D eigenvalue weighted by molar-refractivity contribution is 6.34. The van der Waals surface area contributed by atoms with Gasteiger partial charge in [0.2, 0.25) is 0 Å². The number of aryl methyl sites for hydroxylation is 1. The van der Waals surface area contributed by atoms with E-state index in [0.717, 1.165) is 5.56 Å². The van der Waals surface area contributed by atoms with Gasteiger partial charge < -0.3 is 14.3 Å². The first-order valence-electron chi connectivity index (χ1n) is 9.38. The maximum Gasteiger partial charge on any atom is 0.309 e. The summed E-state index contributed by atoms with van der Waals surface area (Å²) in [5, 5.41) is 10.0. The Morgan fingerprint density at radius 2 is 1.97 bits per heavy atom. The van der Waals surface area contributed by atoms with E-state index in [-0.39, 0.29) is 5.43 Å². The van der Waals surface area contributed by atoms with E-state index in [1.54, 1.807) is 32.0 Å². The molecule has 3 rings (SSSR count). The number of aliphatic carboxylic acids is 1. The Labute approximate surface area is 173 Å². The fourth-order valence-corrected chi connectivity index (χ4v) is 3.24. The van der Waals surface area contributed by atoms with Crippen molar-refractivity contribution in [1.29, 1.82) is 0 Å². The van der Waals surface area contributed by atoms with Crippen molar-refractivity contribution >= 4 is 28.5 Å². The van der Waals surface area contributed by atoms with E-state index in [9.17, 15) is 14.7 Å². The minimum atomic E-state index is -0.830. The Morgan fingerprint density at radius 1 is 1.21 bits per heavy atom. The third-order valence-corrected chi connectivity index (χ3v) is 5.19. The Kier molecular flexibility index (Phi) is 5.99. The highest BCUT2D eigenvalue weighted by Crippen LogP contribution is 2.34. The van der Waals surface area contributed by atoms with Crippen molar-refractivity contribution in [1.82, 2.24) is 0 Å². The summed E-state index contributed by atoms with van der Waals surface area (Å²) in [7, 11) is 0. The van der Waals surface area contributed by atoms with Gasteiger partial charge in [0.05, 0.1) is 28.0 Å². The predicted molar refractivity (Wildman–Crippen MR) is 114 cm³/mol. The molecule has 0 saturated carbocycles. The summed E-state index contributed by atoms with van der Waals surface area (Å²) in [6.45, 7) is 5.69. The highest BCUT2D eigenvalue weighted by Gasteiger charge is 2.26. The fraction of sp³-hybridized carbons (Fsp3) is 0.304. The SMILES string of the molecule is Cc1ccc(-c2cc(=O)c3cccc(Cl)c3o2)c(OCCCC(C)(C)C(=O)O)c1. The van der Waals surface area contributed by atoms with Crippen LogP contribution in [0.15, 0.2) is 51.7 Å². The summed E-state index contributed by atoms with van der Waals surface area (Å²) in [5.74, 6) is 0.118. The second kappa shape index (κ2) is 8.29. The third-order valence-electron chi connectivity index (χ3n) is 4.89. The molecule has 3 aromatic rings. The summed E-state index contributed by atoms with van der Waals surface area (Å²) in [4.78, 5) is 23.8. The second-order valence-electron chi connectivity index (χ2n) is 7.73. The van der Waals surface area contributed by atoms with E-state index in [1.165, 1.54) is 6.07 Å².